The summed E-state index contributed by atoms with van der Waals surface area (Å²) in [6.07, 6.45) is 8.04. The highest BCUT2D eigenvalue weighted by molar-refractivity contribution is 5.79. The lowest BCUT2D eigenvalue weighted by atomic mass is 10.1. The first-order chi connectivity index (χ1) is 14.8. The molecule has 6 nitrogen and oxygen atoms in total. The molecule has 30 heavy (non-hydrogen) atoms. The van der Waals surface area contributed by atoms with Crippen LogP contribution in [-0.4, -0.2) is 49.1 Å². The summed E-state index contributed by atoms with van der Waals surface area (Å²) in [5.41, 5.74) is 2.68. The normalized spacial score (nSPS) is 15.0. The van der Waals surface area contributed by atoms with Gasteiger partial charge in [-0.05, 0) is 62.0 Å². The fourth-order valence-corrected chi connectivity index (χ4v) is 3.69. The lowest BCUT2D eigenvalue weighted by Crippen LogP contribution is -2.37. The van der Waals surface area contributed by atoms with Crippen LogP contribution in [0.1, 0.15) is 43.2 Å². The minimum absolute atomic E-state index is 0.783. The van der Waals surface area contributed by atoms with E-state index in [0.717, 1.165) is 50.8 Å². The molecule has 0 aliphatic carbocycles. The van der Waals surface area contributed by atoms with E-state index in [4.69, 9.17) is 0 Å². The van der Waals surface area contributed by atoms with Gasteiger partial charge in [-0.15, -0.1) is 0 Å². The van der Waals surface area contributed by atoms with Crippen molar-refractivity contribution in [1.29, 1.82) is 0 Å². The molecule has 0 bridgehead atoms. The number of aliphatic imine (C=N–C) groups is 1. The van der Waals surface area contributed by atoms with Gasteiger partial charge in [0.25, 0.3) is 0 Å². The molecule has 1 aromatic carbocycles. The number of piperidine rings is 1. The molecule has 0 spiro atoms. The van der Waals surface area contributed by atoms with Crippen LogP contribution in [0, 0.1) is 0 Å². The van der Waals surface area contributed by atoms with Crippen LogP contribution in [0.2, 0.25) is 0 Å². The van der Waals surface area contributed by atoms with Gasteiger partial charge in [-0.2, -0.15) is 0 Å². The van der Waals surface area contributed by atoms with Crippen molar-refractivity contribution in [1.82, 2.24) is 20.5 Å². The SMILES string of the molecule is CN=C(NCCCCNc1ccccn1)NCc1ccc(CN2CCCCC2)cc1. The number of hydrogen-bond donors (Lipinski definition) is 3. The summed E-state index contributed by atoms with van der Waals surface area (Å²) in [7, 11) is 1.82. The zero-order valence-corrected chi connectivity index (χ0v) is 18.2. The first-order valence-corrected chi connectivity index (χ1v) is 11.2. The number of likely N-dealkylation sites (tertiary alicyclic amines) is 1. The topological polar surface area (TPSA) is 64.6 Å². The van der Waals surface area contributed by atoms with Gasteiger partial charge in [0.05, 0.1) is 0 Å². The molecule has 0 radical (unpaired) electrons. The minimum atomic E-state index is 0.783. The molecule has 1 aliphatic rings. The lowest BCUT2D eigenvalue weighted by molar-refractivity contribution is 0.221. The highest BCUT2D eigenvalue weighted by Crippen LogP contribution is 2.13. The average Bonchev–Trinajstić information content (AvgIpc) is 2.80. The van der Waals surface area contributed by atoms with Crippen LogP contribution in [0.25, 0.3) is 0 Å². The van der Waals surface area contributed by atoms with Crippen LogP contribution in [0.5, 0.6) is 0 Å². The Balaban J connectivity index is 1.29. The third kappa shape index (κ3) is 8.03. The lowest BCUT2D eigenvalue weighted by Gasteiger charge is -2.26. The number of anilines is 1. The predicted molar refractivity (Wildman–Crippen MR) is 126 cm³/mol. The molecule has 0 saturated carbocycles. The molecule has 1 aliphatic heterocycles. The van der Waals surface area contributed by atoms with Crippen LogP contribution in [0.3, 0.4) is 0 Å². The van der Waals surface area contributed by atoms with Crippen molar-refractivity contribution in [2.24, 2.45) is 4.99 Å². The molecule has 1 saturated heterocycles. The Morgan fingerprint density at radius 2 is 1.70 bits per heavy atom. The van der Waals surface area contributed by atoms with E-state index in [2.05, 4.69) is 55.1 Å². The second-order valence-electron chi connectivity index (χ2n) is 7.85. The van der Waals surface area contributed by atoms with Crippen molar-refractivity contribution in [2.45, 2.75) is 45.2 Å². The van der Waals surface area contributed by atoms with Gasteiger partial charge in [-0.1, -0.05) is 36.8 Å². The molecule has 1 fully saturated rings. The van der Waals surface area contributed by atoms with Gasteiger partial charge in [0.1, 0.15) is 5.82 Å². The van der Waals surface area contributed by atoms with E-state index >= 15 is 0 Å². The smallest absolute Gasteiger partial charge is 0.191 e. The van der Waals surface area contributed by atoms with Crippen molar-refractivity contribution >= 4 is 11.8 Å². The number of guanidine groups is 1. The molecular formula is C24H36N6. The highest BCUT2D eigenvalue weighted by atomic mass is 15.2. The van der Waals surface area contributed by atoms with Crippen LogP contribution < -0.4 is 16.0 Å². The average molecular weight is 409 g/mol. The van der Waals surface area contributed by atoms with E-state index in [1.807, 2.05) is 31.4 Å². The van der Waals surface area contributed by atoms with Crippen molar-refractivity contribution in [3.8, 4) is 0 Å². The van der Waals surface area contributed by atoms with Gasteiger partial charge in [0.15, 0.2) is 5.96 Å². The van der Waals surface area contributed by atoms with Gasteiger partial charge in [0.2, 0.25) is 0 Å². The van der Waals surface area contributed by atoms with E-state index in [-0.39, 0.29) is 0 Å². The molecule has 0 amide bonds. The standard InChI is InChI=1S/C24H36N6/c1-25-24(28-16-6-5-15-27-23-9-3-4-14-26-23)29-19-21-10-12-22(13-11-21)20-30-17-7-2-8-18-30/h3-4,9-14H,2,5-8,15-20H2,1H3,(H,26,27)(H2,25,28,29). The van der Waals surface area contributed by atoms with Crippen LogP contribution in [-0.2, 0) is 13.1 Å². The molecular weight excluding hydrogens is 372 g/mol. The Labute approximate surface area is 181 Å². The maximum absolute atomic E-state index is 4.33. The summed E-state index contributed by atoms with van der Waals surface area (Å²) >= 11 is 0. The summed E-state index contributed by atoms with van der Waals surface area (Å²) in [6, 6.07) is 14.9. The van der Waals surface area contributed by atoms with Crippen molar-refractivity contribution < 1.29 is 0 Å². The zero-order chi connectivity index (χ0) is 20.9. The number of nitrogens with one attached hydrogen (secondary N) is 3. The van der Waals surface area contributed by atoms with Crippen molar-refractivity contribution in [3.63, 3.8) is 0 Å². The van der Waals surface area contributed by atoms with Crippen LogP contribution in [0.4, 0.5) is 5.82 Å². The van der Waals surface area contributed by atoms with E-state index in [1.54, 1.807) is 0 Å². The number of unbranched alkanes of at least 4 members (excludes halogenated alkanes) is 1. The maximum atomic E-state index is 4.33. The summed E-state index contributed by atoms with van der Waals surface area (Å²) in [6.45, 7) is 6.17. The van der Waals surface area contributed by atoms with Crippen LogP contribution in [0.15, 0.2) is 53.7 Å². The van der Waals surface area contributed by atoms with Crippen molar-refractivity contribution in [3.05, 3.63) is 59.8 Å². The van der Waals surface area contributed by atoms with E-state index in [1.165, 1.54) is 43.5 Å². The summed E-state index contributed by atoms with van der Waals surface area (Å²) in [4.78, 5) is 11.2. The molecule has 1 aromatic heterocycles. The first kappa shape index (κ1) is 22.1. The number of rotatable bonds is 10. The van der Waals surface area contributed by atoms with Gasteiger partial charge >= 0.3 is 0 Å². The predicted octanol–water partition coefficient (Wildman–Crippen LogP) is 3.62. The monoisotopic (exact) mass is 408 g/mol. The zero-order valence-electron chi connectivity index (χ0n) is 18.2. The first-order valence-electron chi connectivity index (χ1n) is 11.2. The second kappa shape index (κ2) is 12.9. The molecule has 3 rings (SSSR count). The Hall–Kier alpha value is -2.60. The number of pyridine rings is 1. The fraction of sp³-hybridized carbons (Fsp3) is 0.500. The molecule has 2 heterocycles. The highest BCUT2D eigenvalue weighted by Gasteiger charge is 2.10. The molecule has 3 N–H and O–H groups in total. The van der Waals surface area contributed by atoms with Gasteiger partial charge < -0.3 is 16.0 Å². The fourth-order valence-electron chi connectivity index (χ4n) is 3.69. The quantitative estimate of drug-likeness (QED) is 0.318. The molecule has 162 valence electrons. The summed E-state index contributed by atoms with van der Waals surface area (Å²) < 4.78 is 0. The Morgan fingerprint density at radius 1 is 0.933 bits per heavy atom. The van der Waals surface area contributed by atoms with Gasteiger partial charge in [-0.3, -0.25) is 9.89 Å². The number of nitrogens with zero attached hydrogens (tertiary/aromatic N) is 3. The number of hydrogen-bond acceptors (Lipinski definition) is 4. The molecule has 0 unspecified atom stereocenters. The molecule has 0 atom stereocenters. The molecule has 6 heteroatoms. The Kier molecular flexibility index (Phi) is 9.47. The number of aromatic nitrogens is 1. The van der Waals surface area contributed by atoms with Gasteiger partial charge in [0, 0.05) is 39.4 Å². The molecule has 2 aromatic rings. The maximum Gasteiger partial charge on any atom is 0.191 e. The van der Waals surface area contributed by atoms with E-state index in [9.17, 15) is 0 Å². The third-order valence-electron chi connectivity index (χ3n) is 5.43. The summed E-state index contributed by atoms with van der Waals surface area (Å²) in [5.74, 6) is 1.79. The Morgan fingerprint density at radius 3 is 2.43 bits per heavy atom. The van der Waals surface area contributed by atoms with Crippen LogP contribution >= 0.6 is 0 Å². The van der Waals surface area contributed by atoms with E-state index in [0.29, 0.717) is 0 Å². The summed E-state index contributed by atoms with van der Waals surface area (Å²) in [5, 5.41) is 10.1. The third-order valence-corrected chi connectivity index (χ3v) is 5.43. The minimum Gasteiger partial charge on any atom is -0.370 e. The second-order valence-corrected chi connectivity index (χ2v) is 7.85. The van der Waals surface area contributed by atoms with E-state index < -0.39 is 0 Å². The largest absolute Gasteiger partial charge is 0.370 e. The Bertz CT molecular complexity index is 738. The number of benzene rings is 1. The van der Waals surface area contributed by atoms with Gasteiger partial charge in [-0.25, -0.2) is 4.98 Å². The van der Waals surface area contributed by atoms with Crippen molar-refractivity contribution in [2.75, 3.05) is 38.5 Å².